The highest BCUT2D eigenvalue weighted by molar-refractivity contribution is 6.23. The molecule has 3 fully saturated rings. The number of pyridine rings is 1. The zero-order chi connectivity index (χ0) is 24.9. The van der Waals surface area contributed by atoms with Crippen LogP contribution in [-0.2, 0) is 15.7 Å². The highest BCUT2D eigenvalue weighted by Gasteiger charge is 2.59. The van der Waals surface area contributed by atoms with E-state index in [2.05, 4.69) is 4.98 Å². The van der Waals surface area contributed by atoms with Crippen molar-refractivity contribution in [1.29, 1.82) is 0 Å². The van der Waals surface area contributed by atoms with Crippen LogP contribution >= 0.6 is 0 Å². The molecule has 4 amide bonds. The van der Waals surface area contributed by atoms with E-state index in [0.29, 0.717) is 12.5 Å². The van der Waals surface area contributed by atoms with Crippen molar-refractivity contribution in [1.82, 2.24) is 14.8 Å². The third kappa shape index (κ3) is 4.69. The molecule has 1 aromatic heterocycles. The van der Waals surface area contributed by atoms with Gasteiger partial charge < -0.3 is 14.5 Å². The number of hydrogen-bond acceptors (Lipinski definition) is 5. The Kier molecular flexibility index (Phi) is 6.02. The number of anilines is 1. The lowest BCUT2D eigenvalue weighted by Gasteiger charge is -2.42. The predicted octanol–water partition coefficient (Wildman–Crippen LogP) is 4.44. The molecule has 8 nitrogen and oxygen atoms in total. The van der Waals surface area contributed by atoms with Crippen molar-refractivity contribution in [3.8, 4) is 0 Å². The number of rotatable bonds is 4. The standard InChI is InChI=1S/C23H29F3N4O4/c1-21(2,3)34-20(33)28-12-9-22(10-13-28)18(31)30(19(32)29(22)11-8-15-4-5-15)16-6-7-17(27-14-16)23(24,25)26/h6-7,14-15H,4-5,8-13H2,1-3H3. The molecule has 3 aliphatic rings. The smallest absolute Gasteiger partial charge is 0.433 e. The zero-order valence-corrected chi connectivity index (χ0v) is 19.5. The van der Waals surface area contributed by atoms with E-state index in [-0.39, 0.29) is 31.6 Å². The summed E-state index contributed by atoms with van der Waals surface area (Å²) in [6.07, 6.45) is -0.805. The van der Waals surface area contributed by atoms with E-state index in [1.165, 1.54) is 4.90 Å². The van der Waals surface area contributed by atoms with Crippen molar-refractivity contribution in [3.63, 3.8) is 0 Å². The first kappa shape index (κ1) is 24.3. The Morgan fingerprint density at radius 1 is 1.15 bits per heavy atom. The Balaban J connectivity index is 1.57. The van der Waals surface area contributed by atoms with Gasteiger partial charge in [-0.15, -0.1) is 0 Å². The van der Waals surface area contributed by atoms with Gasteiger partial charge in [0, 0.05) is 19.6 Å². The number of urea groups is 1. The monoisotopic (exact) mass is 482 g/mol. The number of nitrogens with zero attached hydrogens (tertiary/aromatic N) is 4. The second-order valence-electron chi connectivity index (χ2n) is 10.2. The van der Waals surface area contributed by atoms with E-state index in [4.69, 9.17) is 4.74 Å². The van der Waals surface area contributed by atoms with E-state index in [9.17, 15) is 27.6 Å². The maximum Gasteiger partial charge on any atom is 0.433 e. The molecule has 0 N–H and O–H groups in total. The Morgan fingerprint density at radius 2 is 1.79 bits per heavy atom. The first-order chi connectivity index (χ1) is 15.8. The van der Waals surface area contributed by atoms with Gasteiger partial charge in [0.1, 0.15) is 16.8 Å². The number of halogens is 3. The van der Waals surface area contributed by atoms with Crippen LogP contribution < -0.4 is 4.90 Å². The third-order valence-corrected chi connectivity index (χ3v) is 6.54. The maximum atomic E-state index is 13.6. The predicted molar refractivity (Wildman–Crippen MR) is 116 cm³/mol. The molecule has 1 spiro atoms. The molecule has 1 aliphatic carbocycles. The first-order valence-electron chi connectivity index (χ1n) is 11.5. The molecule has 1 saturated carbocycles. The molecule has 11 heteroatoms. The lowest BCUT2D eigenvalue weighted by molar-refractivity contribution is -0.141. The number of piperidine rings is 1. The van der Waals surface area contributed by atoms with E-state index in [1.807, 2.05) is 0 Å². The van der Waals surface area contributed by atoms with Gasteiger partial charge in [-0.25, -0.2) is 19.5 Å². The summed E-state index contributed by atoms with van der Waals surface area (Å²) >= 11 is 0. The van der Waals surface area contributed by atoms with Gasteiger partial charge in [-0.1, -0.05) is 12.8 Å². The molecule has 3 heterocycles. The zero-order valence-electron chi connectivity index (χ0n) is 19.5. The van der Waals surface area contributed by atoms with Crippen molar-refractivity contribution in [2.75, 3.05) is 24.5 Å². The summed E-state index contributed by atoms with van der Waals surface area (Å²) in [5, 5.41) is 0. The maximum absolute atomic E-state index is 13.6. The molecule has 0 bridgehead atoms. The second kappa shape index (κ2) is 8.42. The molecular formula is C23H29F3N4O4. The highest BCUT2D eigenvalue weighted by Crippen LogP contribution is 2.42. The topological polar surface area (TPSA) is 83.0 Å². The van der Waals surface area contributed by atoms with Gasteiger partial charge in [-0.05, 0) is 58.1 Å². The van der Waals surface area contributed by atoms with E-state index in [1.54, 1.807) is 25.7 Å². The molecule has 34 heavy (non-hydrogen) atoms. The molecule has 4 rings (SSSR count). The summed E-state index contributed by atoms with van der Waals surface area (Å²) in [7, 11) is 0. The van der Waals surface area contributed by atoms with Gasteiger partial charge in [0.2, 0.25) is 0 Å². The van der Waals surface area contributed by atoms with Crippen LogP contribution in [0.5, 0.6) is 0 Å². The van der Waals surface area contributed by atoms with Crippen molar-refractivity contribution < 1.29 is 32.3 Å². The molecule has 0 aromatic carbocycles. The number of aromatic nitrogens is 1. The fourth-order valence-electron chi connectivity index (χ4n) is 4.53. The number of ether oxygens (including phenoxy) is 1. The number of carbonyl (C=O) groups is 3. The molecular weight excluding hydrogens is 453 g/mol. The third-order valence-electron chi connectivity index (χ3n) is 6.54. The average Bonchev–Trinajstić information content (AvgIpc) is 3.54. The first-order valence-corrected chi connectivity index (χ1v) is 11.5. The minimum atomic E-state index is -4.62. The Morgan fingerprint density at radius 3 is 2.29 bits per heavy atom. The van der Waals surface area contributed by atoms with Gasteiger partial charge >= 0.3 is 18.3 Å². The number of hydrogen-bond donors (Lipinski definition) is 0. The van der Waals surface area contributed by atoms with Crippen molar-refractivity contribution in [2.45, 2.75) is 70.2 Å². The number of amides is 4. The molecule has 0 radical (unpaired) electrons. The van der Waals surface area contributed by atoms with Crippen LogP contribution in [0.2, 0.25) is 0 Å². The van der Waals surface area contributed by atoms with Crippen molar-refractivity contribution >= 4 is 23.7 Å². The highest BCUT2D eigenvalue weighted by atomic mass is 19.4. The summed E-state index contributed by atoms with van der Waals surface area (Å²) < 4.78 is 44.2. The van der Waals surface area contributed by atoms with Crippen LogP contribution in [0.4, 0.5) is 28.4 Å². The molecule has 0 unspecified atom stereocenters. The van der Waals surface area contributed by atoms with Crippen molar-refractivity contribution in [3.05, 3.63) is 24.0 Å². The molecule has 2 aliphatic heterocycles. The number of carbonyl (C=O) groups excluding carboxylic acids is 3. The summed E-state index contributed by atoms with van der Waals surface area (Å²) in [6, 6.07) is 1.30. The number of alkyl halides is 3. The summed E-state index contributed by atoms with van der Waals surface area (Å²) in [5.41, 5.74) is -2.89. The minimum absolute atomic E-state index is 0.00543. The summed E-state index contributed by atoms with van der Waals surface area (Å²) in [4.78, 5) is 46.9. The molecule has 186 valence electrons. The normalized spacial score (nSPS) is 20.9. The van der Waals surface area contributed by atoms with E-state index < -0.39 is 41.0 Å². The molecule has 1 aromatic rings. The number of likely N-dealkylation sites (tertiary alicyclic amines) is 1. The van der Waals surface area contributed by atoms with Crippen LogP contribution in [0.3, 0.4) is 0 Å². The van der Waals surface area contributed by atoms with E-state index >= 15 is 0 Å². The lowest BCUT2D eigenvalue weighted by Crippen LogP contribution is -2.58. The van der Waals surface area contributed by atoms with Gasteiger partial charge in [-0.2, -0.15) is 13.2 Å². The summed E-state index contributed by atoms with van der Waals surface area (Å²) in [6.45, 7) is 6.15. The molecule has 2 saturated heterocycles. The molecule has 0 atom stereocenters. The van der Waals surface area contributed by atoms with Gasteiger partial charge in [0.15, 0.2) is 0 Å². The lowest BCUT2D eigenvalue weighted by atomic mass is 9.85. The fraction of sp³-hybridized carbons (Fsp3) is 0.652. The average molecular weight is 483 g/mol. The van der Waals surface area contributed by atoms with E-state index in [0.717, 1.165) is 42.5 Å². The largest absolute Gasteiger partial charge is 0.444 e. The van der Waals surface area contributed by atoms with Crippen LogP contribution in [0.1, 0.15) is 58.6 Å². The SMILES string of the molecule is CC(C)(C)OC(=O)N1CCC2(CC1)C(=O)N(c1ccc(C(F)(F)F)nc1)C(=O)N2CCC1CC1. The van der Waals surface area contributed by atoms with Gasteiger partial charge in [0.25, 0.3) is 5.91 Å². The van der Waals surface area contributed by atoms with Gasteiger partial charge in [-0.3, -0.25) is 4.79 Å². The summed E-state index contributed by atoms with van der Waals surface area (Å²) in [5.74, 6) is 0.0299. The van der Waals surface area contributed by atoms with Crippen LogP contribution in [0.25, 0.3) is 0 Å². The van der Waals surface area contributed by atoms with Crippen LogP contribution in [0.15, 0.2) is 18.3 Å². The Bertz CT molecular complexity index is 962. The second-order valence-corrected chi connectivity index (χ2v) is 10.2. The van der Waals surface area contributed by atoms with Crippen LogP contribution in [0, 0.1) is 5.92 Å². The number of imide groups is 1. The van der Waals surface area contributed by atoms with Gasteiger partial charge in [0.05, 0.1) is 11.9 Å². The Labute approximate surface area is 196 Å². The van der Waals surface area contributed by atoms with Crippen LogP contribution in [-0.4, -0.2) is 63.6 Å². The fourth-order valence-corrected chi connectivity index (χ4v) is 4.53. The minimum Gasteiger partial charge on any atom is -0.444 e. The Hall–Kier alpha value is -2.85. The quantitative estimate of drug-likeness (QED) is 0.593. The van der Waals surface area contributed by atoms with Crippen molar-refractivity contribution in [2.24, 2.45) is 5.92 Å².